The summed E-state index contributed by atoms with van der Waals surface area (Å²) in [7, 11) is 0. The normalized spacial score (nSPS) is 8.56. The zero-order valence-corrected chi connectivity index (χ0v) is 12.5. The van der Waals surface area contributed by atoms with E-state index >= 15 is 0 Å². The predicted molar refractivity (Wildman–Crippen MR) is 41.8 cm³/mol. The Morgan fingerprint density at radius 2 is 2.00 bits per heavy atom. The van der Waals surface area contributed by atoms with Crippen LogP contribution in [0.3, 0.4) is 0 Å². The second kappa shape index (κ2) is 3.76. The van der Waals surface area contributed by atoms with Gasteiger partial charge < -0.3 is 0 Å². The van der Waals surface area contributed by atoms with Crippen molar-refractivity contribution in [2.75, 3.05) is 0 Å². The first kappa shape index (κ1) is 7.79. The zero-order valence-electron chi connectivity index (χ0n) is 4.84. The number of phenols is 1. The monoisotopic (exact) mass is 422 g/mol. The maximum absolute atomic E-state index is 9.16. The molecule has 0 aliphatic carbocycles. The van der Waals surface area contributed by atoms with E-state index < -0.39 is 20.2 Å². The Kier molecular flexibility index (Phi) is 3.25. The fourth-order valence-corrected chi connectivity index (χ4v) is 8.15. The number of halogens is 1. The summed E-state index contributed by atoms with van der Waals surface area (Å²) in [4.78, 5) is 0. The molecule has 0 aromatic heterocycles. The minimum atomic E-state index is -0.868. The molecule has 0 saturated carbocycles. The van der Waals surface area contributed by atoms with Gasteiger partial charge in [-0.05, 0) is 0 Å². The topological polar surface area (TPSA) is 20.2 Å². The van der Waals surface area contributed by atoms with E-state index in [1.807, 2.05) is 18.2 Å². The molecular weight excluding hydrogens is 416 g/mol. The third-order valence-electron chi connectivity index (χ3n) is 1.14. The molecule has 0 spiro atoms. The van der Waals surface area contributed by atoms with Crippen molar-refractivity contribution in [3.63, 3.8) is 0 Å². The average Bonchev–Trinajstić information content (AvgIpc) is 1.89. The molecule has 0 fully saturated rings. The van der Waals surface area contributed by atoms with E-state index in [1.54, 1.807) is 6.07 Å². The van der Waals surface area contributed by atoms with Crippen molar-refractivity contribution in [2.24, 2.45) is 0 Å². The van der Waals surface area contributed by atoms with Gasteiger partial charge in [0.15, 0.2) is 0 Å². The fraction of sp³-hybridized carbons (Fsp3) is 0. The molecular formula is C6H5HgIO. The average molecular weight is 421 g/mol. The third-order valence-corrected chi connectivity index (χ3v) is 11.8. The molecule has 0 saturated heterocycles. The number of hydrogen-bond donors (Lipinski definition) is 1. The van der Waals surface area contributed by atoms with Crippen LogP contribution in [0.4, 0.5) is 0 Å². The van der Waals surface area contributed by atoms with Gasteiger partial charge in [0.2, 0.25) is 0 Å². The Balaban J connectivity index is 3.01. The van der Waals surface area contributed by atoms with E-state index in [4.69, 9.17) is 5.11 Å². The molecule has 0 aliphatic rings. The SMILES string of the molecule is Oc1cccc[c]1[Hg][I]. The Bertz CT molecular complexity index is 202. The molecule has 1 aromatic carbocycles. The van der Waals surface area contributed by atoms with Gasteiger partial charge in [0.05, 0.1) is 0 Å². The van der Waals surface area contributed by atoms with Gasteiger partial charge >= 0.3 is 76.1 Å². The van der Waals surface area contributed by atoms with E-state index in [1.165, 1.54) is 3.07 Å². The first-order valence-corrected chi connectivity index (χ1v) is 20.9. The standard InChI is InChI=1S/C6H5O.Hg.HI/c7-6-4-2-1-3-5-6;;/h1-4,7H;;1H/q;+1;/p-1. The van der Waals surface area contributed by atoms with Crippen molar-refractivity contribution in [3.05, 3.63) is 24.3 Å². The molecule has 0 aliphatic heterocycles. The summed E-state index contributed by atoms with van der Waals surface area (Å²) in [6.45, 7) is 0. The molecule has 0 atom stereocenters. The van der Waals surface area contributed by atoms with E-state index in [0.29, 0.717) is 5.75 Å². The quantitative estimate of drug-likeness (QED) is 0.539. The van der Waals surface area contributed by atoms with E-state index in [2.05, 4.69) is 17.7 Å². The van der Waals surface area contributed by atoms with Crippen LogP contribution >= 0.6 is 17.7 Å². The second-order valence-electron chi connectivity index (χ2n) is 1.76. The van der Waals surface area contributed by atoms with Crippen molar-refractivity contribution < 1.29 is 25.4 Å². The van der Waals surface area contributed by atoms with Crippen LogP contribution in [0.1, 0.15) is 0 Å². The van der Waals surface area contributed by atoms with E-state index in [9.17, 15) is 0 Å². The van der Waals surface area contributed by atoms with Crippen LogP contribution in [-0.2, 0) is 20.2 Å². The summed E-state index contributed by atoms with van der Waals surface area (Å²) >= 11 is 1.57. The molecule has 1 N–H and O–H groups in total. The van der Waals surface area contributed by atoms with Gasteiger partial charge in [-0.15, -0.1) is 0 Å². The van der Waals surface area contributed by atoms with Crippen LogP contribution in [0, 0.1) is 0 Å². The van der Waals surface area contributed by atoms with Crippen LogP contribution in [0.15, 0.2) is 24.3 Å². The molecule has 1 aromatic rings. The number of para-hydroxylation sites is 1. The molecule has 0 heterocycles. The van der Waals surface area contributed by atoms with Crippen LogP contribution in [-0.4, -0.2) is 5.11 Å². The number of phenolic OH excluding ortho intramolecular Hbond substituents is 1. The van der Waals surface area contributed by atoms with Crippen molar-refractivity contribution in [3.8, 4) is 5.75 Å². The Hall–Kier alpha value is 0.685. The Morgan fingerprint density at radius 3 is 2.44 bits per heavy atom. The van der Waals surface area contributed by atoms with Crippen LogP contribution < -0.4 is 3.07 Å². The van der Waals surface area contributed by atoms with Gasteiger partial charge in [-0.1, -0.05) is 0 Å². The van der Waals surface area contributed by atoms with Crippen LogP contribution in [0.2, 0.25) is 0 Å². The molecule has 0 bridgehead atoms. The fourth-order valence-electron chi connectivity index (χ4n) is 0.624. The molecule has 0 radical (unpaired) electrons. The molecule has 1 rings (SSSR count). The van der Waals surface area contributed by atoms with Crippen LogP contribution in [0.5, 0.6) is 5.75 Å². The predicted octanol–water partition coefficient (Wildman–Crippen LogP) is 1.45. The summed E-state index contributed by atoms with van der Waals surface area (Å²) < 4.78 is 1.22. The van der Waals surface area contributed by atoms with Crippen molar-refractivity contribution >= 4 is 20.7 Å². The van der Waals surface area contributed by atoms with E-state index in [0.717, 1.165) is 0 Å². The molecule has 0 amide bonds. The second-order valence-corrected chi connectivity index (χ2v) is 12.5. The van der Waals surface area contributed by atoms with Crippen molar-refractivity contribution in [2.45, 2.75) is 0 Å². The summed E-state index contributed by atoms with van der Waals surface area (Å²) in [5.41, 5.74) is 0. The van der Waals surface area contributed by atoms with Crippen molar-refractivity contribution in [1.82, 2.24) is 0 Å². The maximum atomic E-state index is 9.16. The van der Waals surface area contributed by atoms with Gasteiger partial charge in [-0.3, -0.25) is 0 Å². The summed E-state index contributed by atoms with van der Waals surface area (Å²) in [6.07, 6.45) is 0. The first-order chi connectivity index (χ1) is 4.34. The summed E-state index contributed by atoms with van der Waals surface area (Å²) in [5.74, 6) is 0.494. The number of hydrogen-bond acceptors (Lipinski definition) is 1. The molecule has 0 unspecified atom stereocenters. The van der Waals surface area contributed by atoms with Gasteiger partial charge in [-0.25, -0.2) is 0 Å². The molecule has 1 nitrogen and oxygen atoms in total. The minimum absolute atomic E-state index is 0.494. The van der Waals surface area contributed by atoms with Crippen molar-refractivity contribution in [1.29, 1.82) is 0 Å². The summed E-state index contributed by atoms with van der Waals surface area (Å²) in [6, 6.07) is 7.62. The van der Waals surface area contributed by atoms with Gasteiger partial charge in [0.25, 0.3) is 0 Å². The van der Waals surface area contributed by atoms with Gasteiger partial charge in [0, 0.05) is 0 Å². The molecule has 3 heteroatoms. The van der Waals surface area contributed by atoms with Gasteiger partial charge in [-0.2, -0.15) is 0 Å². The van der Waals surface area contributed by atoms with E-state index in [-0.39, 0.29) is 0 Å². The van der Waals surface area contributed by atoms with Gasteiger partial charge in [0.1, 0.15) is 0 Å². The Morgan fingerprint density at radius 1 is 1.33 bits per heavy atom. The zero-order chi connectivity index (χ0) is 6.69. The number of rotatable bonds is 1. The summed E-state index contributed by atoms with van der Waals surface area (Å²) in [5, 5.41) is 9.16. The molecule has 9 heavy (non-hydrogen) atoms. The number of aromatic hydroxyl groups is 1. The molecule has 44 valence electrons. The first-order valence-electron chi connectivity index (χ1n) is 2.67. The Labute approximate surface area is 75.3 Å². The van der Waals surface area contributed by atoms with Crippen LogP contribution in [0.25, 0.3) is 0 Å². The number of benzene rings is 1. The third kappa shape index (κ3) is 2.07.